The van der Waals surface area contributed by atoms with Gasteiger partial charge in [0.2, 0.25) is 5.91 Å². The van der Waals surface area contributed by atoms with Gasteiger partial charge in [-0.1, -0.05) is 26.0 Å². The maximum Gasteiger partial charge on any atom is 0.310 e. The summed E-state index contributed by atoms with van der Waals surface area (Å²) >= 11 is 0. The van der Waals surface area contributed by atoms with Crippen LogP contribution in [-0.2, 0) is 9.59 Å². The number of carboxylic acid groups (broad SMARTS) is 1. The van der Waals surface area contributed by atoms with E-state index in [-0.39, 0.29) is 18.2 Å². The molecule has 0 spiro atoms. The van der Waals surface area contributed by atoms with Gasteiger partial charge in [-0.2, -0.15) is 5.10 Å². The smallest absolute Gasteiger partial charge is 0.310 e. The second-order valence-corrected chi connectivity index (χ2v) is 5.74. The molecule has 0 aliphatic rings. The molecule has 112 valence electrons. The standard InChI is InChI=1S/C15H19N3O3/c1-9(2)15(3,14(20)21)7-12(19)17-11-6-4-5-10-8-16-18-13(10)11/h4-6,8-9H,7H2,1-3H3,(H,16,18)(H,17,19)(H,20,21). The summed E-state index contributed by atoms with van der Waals surface area (Å²) in [5.41, 5.74) is 0.241. The van der Waals surface area contributed by atoms with Gasteiger partial charge in [0, 0.05) is 11.8 Å². The van der Waals surface area contributed by atoms with E-state index < -0.39 is 11.4 Å². The Morgan fingerprint density at radius 1 is 1.43 bits per heavy atom. The number of aromatic nitrogens is 2. The van der Waals surface area contributed by atoms with Crippen molar-refractivity contribution in [2.24, 2.45) is 11.3 Å². The van der Waals surface area contributed by atoms with Crippen LogP contribution in [0.25, 0.3) is 10.9 Å². The van der Waals surface area contributed by atoms with Gasteiger partial charge in [-0.15, -0.1) is 0 Å². The Hall–Kier alpha value is -2.37. The molecule has 0 saturated carbocycles. The summed E-state index contributed by atoms with van der Waals surface area (Å²) in [6, 6.07) is 5.45. The van der Waals surface area contributed by atoms with Gasteiger partial charge in [0.1, 0.15) is 0 Å². The molecular formula is C15H19N3O3. The van der Waals surface area contributed by atoms with Crippen molar-refractivity contribution in [3.63, 3.8) is 0 Å². The minimum atomic E-state index is -1.09. The molecule has 6 nitrogen and oxygen atoms in total. The molecule has 0 aliphatic carbocycles. The minimum Gasteiger partial charge on any atom is -0.481 e. The quantitative estimate of drug-likeness (QED) is 0.788. The van der Waals surface area contributed by atoms with Gasteiger partial charge < -0.3 is 10.4 Å². The van der Waals surface area contributed by atoms with E-state index in [4.69, 9.17) is 0 Å². The van der Waals surface area contributed by atoms with E-state index in [1.807, 2.05) is 12.1 Å². The number of rotatable bonds is 5. The first-order valence-corrected chi connectivity index (χ1v) is 6.80. The number of nitrogens with one attached hydrogen (secondary N) is 2. The highest BCUT2D eigenvalue weighted by atomic mass is 16.4. The second kappa shape index (κ2) is 5.55. The number of carboxylic acids is 1. The Balaban J connectivity index is 2.18. The molecule has 2 rings (SSSR count). The number of aromatic amines is 1. The van der Waals surface area contributed by atoms with Gasteiger partial charge in [-0.3, -0.25) is 14.7 Å². The number of fused-ring (bicyclic) bond motifs is 1. The van der Waals surface area contributed by atoms with Crippen molar-refractivity contribution in [2.75, 3.05) is 5.32 Å². The molecule has 6 heteroatoms. The maximum absolute atomic E-state index is 12.2. The van der Waals surface area contributed by atoms with Gasteiger partial charge in [0.05, 0.1) is 22.8 Å². The van der Waals surface area contributed by atoms with Gasteiger partial charge >= 0.3 is 5.97 Å². The number of H-pyrrole nitrogens is 1. The van der Waals surface area contributed by atoms with Gasteiger partial charge in [0.15, 0.2) is 0 Å². The lowest BCUT2D eigenvalue weighted by molar-refractivity contribution is -0.153. The van der Waals surface area contributed by atoms with Crippen molar-refractivity contribution in [2.45, 2.75) is 27.2 Å². The highest BCUT2D eigenvalue weighted by Gasteiger charge is 2.38. The molecule has 1 unspecified atom stereocenters. The van der Waals surface area contributed by atoms with Crippen molar-refractivity contribution < 1.29 is 14.7 Å². The fourth-order valence-corrected chi connectivity index (χ4v) is 2.13. The number of benzene rings is 1. The van der Waals surface area contributed by atoms with Crippen LogP contribution in [0.5, 0.6) is 0 Å². The van der Waals surface area contributed by atoms with E-state index in [1.54, 1.807) is 33.0 Å². The van der Waals surface area contributed by atoms with E-state index in [0.717, 1.165) is 10.9 Å². The van der Waals surface area contributed by atoms with Crippen molar-refractivity contribution >= 4 is 28.5 Å². The van der Waals surface area contributed by atoms with Crippen LogP contribution in [0, 0.1) is 11.3 Å². The molecule has 0 fully saturated rings. The minimum absolute atomic E-state index is 0.0788. The van der Waals surface area contributed by atoms with Crippen LogP contribution in [-0.4, -0.2) is 27.2 Å². The number of carbonyl (C=O) groups is 2. The van der Waals surface area contributed by atoms with Gasteiger partial charge in [0.25, 0.3) is 0 Å². The number of hydrogen-bond acceptors (Lipinski definition) is 3. The lowest BCUT2D eigenvalue weighted by Crippen LogP contribution is -2.37. The molecule has 1 aromatic heterocycles. The number of hydrogen-bond donors (Lipinski definition) is 3. The van der Waals surface area contributed by atoms with Crippen LogP contribution in [0.2, 0.25) is 0 Å². The summed E-state index contributed by atoms with van der Waals surface area (Å²) in [4.78, 5) is 23.6. The van der Waals surface area contributed by atoms with Crippen LogP contribution in [0.15, 0.2) is 24.4 Å². The monoisotopic (exact) mass is 289 g/mol. The Labute approximate surface area is 122 Å². The third-order valence-electron chi connectivity index (χ3n) is 4.04. The zero-order valence-electron chi connectivity index (χ0n) is 12.3. The van der Waals surface area contributed by atoms with Crippen LogP contribution < -0.4 is 5.32 Å². The number of anilines is 1. The van der Waals surface area contributed by atoms with Crippen LogP contribution in [0.1, 0.15) is 27.2 Å². The Bertz CT molecular complexity index is 678. The van der Waals surface area contributed by atoms with Crippen LogP contribution >= 0.6 is 0 Å². The van der Waals surface area contributed by atoms with E-state index in [9.17, 15) is 14.7 Å². The zero-order chi connectivity index (χ0) is 15.6. The SMILES string of the molecule is CC(C)C(C)(CC(=O)Nc1cccc2cn[nH]c12)C(=O)O. The summed E-state index contributed by atoms with van der Waals surface area (Å²) in [5, 5.41) is 19.8. The lowest BCUT2D eigenvalue weighted by atomic mass is 9.76. The normalized spacial score (nSPS) is 14.1. The first-order valence-electron chi connectivity index (χ1n) is 6.80. The van der Waals surface area contributed by atoms with Crippen LogP contribution in [0.3, 0.4) is 0 Å². The highest BCUT2D eigenvalue weighted by Crippen LogP contribution is 2.32. The maximum atomic E-state index is 12.2. The zero-order valence-corrected chi connectivity index (χ0v) is 12.3. The number of aliphatic carboxylic acids is 1. The molecule has 21 heavy (non-hydrogen) atoms. The summed E-state index contributed by atoms with van der Waals surface area (Å²) in [6.07, 6.45) is 1.59. The van der Waals surface area contributed by atoms with E-state index >= 15 is 0 Å². The summed E-state index contributed by atoms with van der Waals surface area (Å²) in [6.45, 7) is 5.20. The molecule has 2 aromatic rings. The molecule has 0 saturated heterocycles. The molecule has 1 atom stereocenters. The van der Waals surface area contributed by atoms with Crippen molar-refractivity contribution in [3.8, 4) is 0 Å². The van der Waals surface area contributed by atoms with Gasteiger partial charge in [-0.25, -0.2) is 0 Å². The van der Waals surface area contributed by atoms with Gasteiger partial charge in [-0.05, 0) is 18.9 Å². The summed E-state index contributed by atoms with van der Waals surface area (Å²) < 4.78 is 0. The molecule has 0 aliphatic heterocycles. The third-order valence-corrected chi connectivity index (χ3v) is 4.04. The first kappa shape index (κ1) is 15.0. The number of para-hydroxylation sites is 1. The fourth-order valence-electron chi connectivity index (χ4n) is 2.13. The van der Waals surface area contributed by atoms with E-state index in [0.29, 0.717) is 5.69 Å². The molecule has 0 radical (unpaired) electrons. The Kier molecular flexibility index (Phi) is 3.97. The number of amides is 1. The third kappa shape index (κ3) is 2.89. The van der Waals surface area contributed by atoms with E-state index in [1.165, 1.54) is 0 Å². The average Bonchev–Trinajstić information content (AvgIpc) is 2.87. The van der Waals surface area contributed by atoms with Crippen molar-refractivity contribution in [1.82, 2.24) is 10.2 Å². The van der Waals surface area contributed by atoms with Crippen LogP contribution in [0.4, 0.5) is 5.69 Å². The predicted molar refractivity (Wildman–Crippen MR) is 79.9 cm³/mol. The summed E-state index contributed by atoms with van der Waals surface area (Å²) in [5.74, 6) is -1.44. The second-order valence-electron chi connectivity index (χ2n) is 5.74. The van der Waals surface area contributed by atoms with Crippen molar-refractivity contribution in [3.05, 3.63) is 24.4 Å². The average molecular weight is 289 g/mol. The Morgan fingerprint density at radius 2 is 2.14 bits per heavy atom. The fraction of sp³-hybridized carbons (Fsp3) is 0.400. The lowest BCUT2D eigenvalue weighted by Gasteiger charge is -2.28. The number of nitrogens with zero attached hydrogens (tertiary/aromatic N) is 1. The van der Waals surface area contributed by atoms with Crippen molar-refractivity contribution in [1.29, 1.82) is 0 Å². The molecular weight excluding hydrogens is 270 g/mol. The van der Waals surface area contributed by atoms with E-state index in [2.05, 4.69) is 15.5 Å². The first-order chi connectivity index (χ1) is 9.84. The molecule has 3 N–H and O–H groups in total. The Morgan fingerprint density at radius 3 is 2.76 bits per heavy atom. The molecule has 1 amide bonds. The molecule has 0 bridgehead atoms. The largest absolute Gasteiger partial charge is 0.481 e. The predicted octanol–water partition coefficient (Wildman–Crippen LogP) is 2.64. The number of carbonyl (C=O) groups excluding carboxylic acids is 1. The molecule has 1 heterocycles. The highest BCUT2D eigenvalue weighted by molar-refractivity contribution is 6.01. The molecule has 1 aromatic carbocycles. The topological polar surface area (TPSA) is 95.1 Å². The summed E-state index contributed by atoms with van der Waals surface area (Å²) in [7, 11) is 0.